The standard InChI is InChI=1S/C17H16N4O3S/c1-18-25(23,24)16-8-2-13(3-9-16)17(22)20-14-4-6-15(7-5-14)21-11-10-19-12-21/h2-12,18H,1H3,(H,20,22). The molecule has 0 fully saturated rings. The van der Waals surface area contributed by atoms with E-state index in [2.05, 4.69) is 15.0 Å². The molecule has 1 heterocycles. The van der Waals surface area contributed by atoms with Gasteiger partial charge in [0, 0.05) is 29.3 Å². The first-order valence-corrected chi connectivity index (χ1v) is 8.91. The fourth-order valence-corrected chi connectivity index (χ4v) is 2.97. The summed E-state index contributed by atoms with van der Waals surface area (Å²) in [5, 5.41) is 2.77. The van der Waals surface area contributed by atoms with Gasteiger partial charge in [-0.3, -0.25) is 4.79 Å². The number of anilines is 1. The number of aromatic nitrogens is 2. The maximum atomic E-state index is 12.3. The lowest BCUT2D eigenvalue weighted by molar-refractivity contribution is 0.102. The monoisotopic (exact) mass is 356 g/mol. The Hall–Kier alpha value is -2.97. The van der Waals surface area contributed by atoms with E-state index in [9.17, 15) is 13.2 Å². The van der Waals surface area contributed by atoms with Crippen molar-refractivity contribution in [3.8, 4) is 5.69 Å². The van der Waals surface area contributed by atoms with E-state index in [1.165, 1.54) is 31.3 Å². The van der Waals surface area contributed by atoms with Crippen molar-refractivity contribution >= 4 is 21.6 Å². The van der Waals surface area contributed by atoms with E-state index >= 15 is 0 Å². The molecule has 1 aromatic heterocycles. The number of rotatable bonds is 5. The van der Waals surface area contributed by atoms with Crippen LogP contribution in [0.4, 0.5) is 5.69 Å². The number of carbonyl (C=O) groups is 1. The van der Waals surface area contributed by atoms with Crippen molar-refractivity contribution in [2.24, 2.45) is 0 Å². The average molecular weight is 356 g/mol. The third kappa shape index (κ3) is 3.76. The molecule has 3 aromatic rings. The topological polar surface area (TPSA) is 93.1 Å². The van der Waals surface area contributed by atoms with Crippen LogP contribution in [-0.4, -0.2) is 30.9 Å². The fourth-order valence-electron chi connectivity index (χ4n) is 2.24. The van der Waals surface area contributed by atoms with E-state index in [4.69, 9.17) is 0 Å². The Labute approximate surface area is 145 Å². The minimum atomic E-state index is -3.51. The van der Waals surface area contributed by atoms with Crippen LogP contribution >= 0.6 is 0 Å². The van der Waals surface area contributed by atoms with Gasteiger partial charge in [0.05, 0.1) is 11.2 Å². The summed E-state index contributed by atoms with van der Waals surface area (Å²) in [7, 11) is -2.18. The molecule has 0 unspecified atom stereocenters. The molecule has 0 bridgehead atoms. The molecule has 7 nitrogen and oxygen atoms in total. The number of nitrogens with zero attached hydrogens (tertiary/aromatic N) is 2. The lowest BCUT2D eigenvalue weighted by atomic mass is 10.2. The van der Waals surface area contributed by atoms with Gasteiger partial charge in [-0.2, -0.15) is 0 Å². The number of amides is 1. The lowest BCUT2D eigenvalue weighted by Gasteiger charge is -2.08. The van der Waals surface area contributed by atoms with Gasteiger partial charge in [0.1, 0.15) is 0 Å². The normalized spacial score (nSPS) is 11.2. The molecule has 0 radical (unpaired) electrons. The molecule has 8 heteroatoms. The zero-order chi connectivity index (χ0) is 17.9. The molecule has 0 saturated carbocycles. The summed E-state index contributed by atoms with van der Waals surface area (Å²) in [5.41, 5.74) is 1.94. The average Bonchev–Trinajstić information content (AvgIpc) is 3.17. The fraction of sp³-hybridized carbons (Fsp3) is 0.0588. The highest BCUT2D eigenvalue weighted by molar-refractivity contribution is 7.89. The SMILES string of the molecule is CNS(=O)(=O)c1ccc(C(=O)Nc2ccc(-n3ccnc3)cc2)cc1. The second kappa shape index (κ2) is 6.88. The van der Waals surface area contributed by atoms with Crippen molar-refractivity contribution in [2.75, 3.05) is 12.4 Å². The van der Waals surface area contributed by atoms with Gasteiger partial charge in [0.25, 0.3) is 5.91 Å². The molecule has 2 aromatic carbocycles. The molecular formula is C17H16N4O3S. The first kappa shape index (κ1) is 16.9. The number of hydrogen-bond donors (Lipinski definition) is 2. The zero-order valence-corrected chi connectivity index (χ0v) is 14.2. The van der Waals surface area contributed by atoms with Gasteiger partial charge < -0.3 is 9.88 Å². The maximum Gasteiger partial charge on any atom is 0.255 e. The molecule has 2 N–H and O–H groups in total. The Kier molecular flexibility index (Phi) is 4.64. The summed E-state index contributed by atoms with van der Waals surface area (Å²) < 4.78 is 27.5. The van der Waals surface area contributed by atoms with E-state index in [0.29, 0.717) is 11.3 Å². The number of nitrogens with one attached hydrogen (secondary N) is 2. The van der Waals surface area contributed by atoms with Crippen molar-refractivity contribution in [3.05, 3.63) is 72.8 Å². The summed E-state index contributed by atoms with van der Waals surface area (Å²) in [5.74, 6) is -0.316. The van der Waals surface area contributed by atoms with E-state index in [0.717, 1.165) is 5.69 Å². The first-order chi connectivity index (χ1) is 12.0. The molecule has 128 valence electrons. The van der Waals surface area contributed by atoms with Crippen molar-refractivity contribution in [1.82, 2.24) is 14.3 Å². The Morgan fingerprint density at radius 2 is 1.72 bits per heavy atom. The van der Waals surface area contributed by atoms with Gasteiger partial charge >= 0.3 is 0 Å². The number of carbonyl (C=O) groups excluding carboxylic acids is 1. The number of imidazole rings is 1. The summed E-state index contributed by atoms with van der Waals surface area (Å²) in [6.07, 6.45) is 5.20. The van der Waals surface area contributed by atoms with Gasteiger partial charge in [0.2, 0.25) is 10.0 Å². The third-order valence-electron chi connectivity index (χ3n) is 3.62. The van der Waals surface area contributed by atoms with E-state index in [1.807, 2.05) is 22.9 Å². The number of hydrogen-bond acceptors (Lipinski definition) is 4. The van der Waals surface area contributed by atoms with E-state index < -0.39 is 10.0 Å². The predicted octanol–water partition coefficient (Wildman–Crippen LogP) is 2.03. The molecule has 0 aliphatic carbocycles. The quantitative estimate of drug-likeness (QED) is 0.731. The van der Waals surface area contributed by atoms with E-state index in [-0.39, 0.29) is 10.8 Å². The Balaban J connectivity index is 1.72. The molecular weight excluding hydrogens is 340 g/mol. The highest BCUT2D eigenvalue weighted by Gasteiger charge is 2.12. The largest absolute Gasteiger partial charge is 0.322 e. The zero-order valence-electron chi connectivity index (χ0n) is 13.4. The maximum absolute atomic E-state index is 12.3. The van der Waals surface area contributed by atoms with Gasteiger partial charge in [-0.1, -0.05) is 0 Å². The van der Waals surface area contributed by atoms with Crippen LogP contribution in [0, 0.1) is 0 Å². The summed E-state index contributed by atoms with van der Waals surface area (Å²) in [4.78, 5) is 16.4. The van der Waals surface area contributed by atoms with Crippen LogP contribution in [0.25, 0.3) is 5.69 Å². The second-order valence-electron chi connectivity index (χ2n) is 5.20. The highest BCUT2D eigenvalue weighted by Crippen LogP contribution is 2.15. The van der Waals surface area contributed by atoms with Gasteiger partial charge in [-0.15, -0.1) is 0 Å². The molecule has 1 amide bonds. The molecule has 0 aliphatic heterocycles. The van der Waals surface area contributed by atoms with E-state index in [1.54, 1.807) is 24.7 Å². The number of sulfonamides is 1. The minimum absolute atomic E-state index is 0.108. The molecule has 0 saturated heterocycles. The van der Waals surface area contributed by atoms with Gasteiger partial charge in [-0.25, -0.2) is 18.1 Å². The van der Waals surface area contributed by atoms with Crippen LogP contribution in [0.1, 0.15) is 10.4 Å². The smallest absolute Gasteiger partial charge is 0.255 e. The molecule has 25 heavy (non-hydrogen) atoms. The van der Waals surface area contributed by atoms with Crippen LogP contribution in [-0.2, 0) is 10.0 Å². The van der Waals surface area contributed by atoms with Crippen LogP contribution in [0.15, 0.2) is 72.1 Å². The van der Waals surface area contributed by atoms with Crippen molar-refractivity contribution in [2.45, 2.75) is 4.90 Å². The molecule has 0 spiro atoms. The Morgan fingerprint density at radius 3 is 2.28 bits per heavy atom. The van der Waals surface area contributed by atoms with Crippen LogP contribution in [0.2, 0.25) is 0 Å². The van der Waals surface area contributed by atoms with Crippen molar-refractivity contribution in [3.63, 3.8) is 0 Å². The molecule has 3 rings (SSSR count). The Bertz CT molecular complexity index is 964. The summed E-state index contributed by atoms with van der Waals surface area (Å²) >= 11 is 0. The highest BCUT2D eigenvalue weighted by atomic mass is 32.2. The summed E-state index contributed by atoms with van der Waals surface area (Å²) in [6.45, 7) is 0. The predicted molar refractivity (Wildman–Crippen MR) is 94.2 cm³/mol. The van der Waals surface area contributed by atoms with Gasteiger partial charge in [0.15, 0.2) is 0 Å². The lowest BCUT2D eigenvalue weighted by Crippen LogP contribution is -2.19. The third-order valence-corrected chi connectivity index (χ3v) is 5.05. The minimum Gasteiger partial charge on any atom is -0.322 e. The number of benzene rings is 2. The molecule has 0 atom stereocenters. The van der Waals surface area contributed by atoms with Crippen LogP contribution < -0.4 is 10.0 Å². The second-order valence-corrected chi connectivity index (χ2v) is 7.09. The van der Waals surface area contributed by atoms with Crippen molar-refractivity contribution in [1.29, 1.82) is 0 Å². The van der Waals surface area contributed by atoms with Crippen molar-refractivity contribution < 1.29 is 13.2 Å². The Morgan fingerprint density at radius 1 is 1.04 bits per heavy atom. The van der Waals surface area contributed by atoms with Crippen LogP contribution in [0.5, 0.6) is 0 Å². The van der Waals surface area contributed by atoms with Gasteiger partial charge in [-0.05, 0) is 55.6 Å². The van der Waals surface area contributed by atoms with Crippen LogP contribution in [0.3, 0.4) is 0 Å². The first-order valence-electron chi connectivity index (χ1n) is 7.43. The summed E-state index contributed by atoms with van der Waals surface area (Å²) in [6, 6.07) is 13.0. The molecule has 0 aliphatic rings.